The average Bonchev–Trinajstić information content (AvgIpc) is 2.08. The van der Waals surface area contributed by atoms with Crippen LogP contribution < -0.4 is 16.4 Å². The molecule has 0 aliphatic rings. The minimum atomic E-state index is -0.236. The monoisotopic (exact) mass is 207 g/mol. The first-order valence-electron chi connectivity index (χ1n) is 4.92. The van der Waals surface area contributed by atoms with Gasteiger partial charge in [-0.2, -0.15) is 0 Å². The fourth-order valence-electron chi connectivity index (χ4n) is 1.22. The van der Waals surface area contributed by atoms with E-state index in [2.05, 4.69) is 10.6 Å². The van der Waals surface area contributed by atoms with Crippen molar-refractivity contribution in [1.29, 1.82) is 0 Å². The number of anilines is 2. The molecule has 0 aromatic heterocycles. The van der Waals surface area contributed by atoms with Crippen LogP contribution in [0.15, 0.2) is 18.2 Å². The van der Waals surface area contributed by atoms with E-state index in [0.29, 0.717) is 11.4 Å². The highest BCUT2D eigenvalue weighted by atomic mass is 16.2. The molecule has 4 N–H and O–H groups in total. The van der Waals surface area contributed by atoms with Crippen molar-refractivity contribution in [2.24, 2.45) is 0 Å². The smallest absolute Gasteiger partial charge is 0.319 e. The lowest BCUT2D eigenvalue weighted by molar-refractivity contribution is 0.250. The number of urea groups is 1. The molecule has 4 nitrogen and oxygen atoms in total. The Kier molecular flexibility index (Phi) is 3.55. The first-order valence-corrected chi connectivity index (χ1v) is 4.92. The number of nitrogen functional groups attached to an aromatic ring is 1. The van der Waals surface area contributed by atoms with Gasteiger partial charge in [-0.1, -0.05) is 6.07 Å². The SMILES string of the molecule is Cc1ccc(NC(=O)NC(C)C)c(N)c1. The number of carbonyl (C=O) groups is 1. The summed E-state index contributed by atoms with van der Waals surface area (Å²) in [5.74, 6) is 0. The maximum atomic E-state index is 11.4. The molecule has 0 saturated carbocycles. The summed E-state index contributed by atoms with van der Waals surface area (Å²) in [6.07, 6.45) is 0. The van der Waals surface area contributed by atoms with Gasteiger partial charge in [0.25, 0.3) is 0 Å². The second-order valence-corrected chi connectivity index (χ2v) is 3.84. The molecule has 0 unspecified atom stereocenters. The van der Waals surface area contributed by atoms with Crippen LogP contribution in [0.3, 0.4) is 0 Å². The molecule has 0 bridgehead atoms. The van der Waals surface area contributed by atoms with E-state index in [-0.39, 0.29) is 12.1 Å². The summed E-state index contributed by atoms with van der Waals surface area (Å²) in [6.45, 7) is 5.75. The van der Waals surface area contributed by atoms with Gasteiger partial charge in [-0.25, -0.2) is 4.79 Å². The molecule has 0 radical (unpaired) electrons. The van der Waals surface area contributed by atoms with Gasteiger partial charge < -0.3 is 16.4 Å². The quantitative estimate of drug-likeness (QED) is 0.650. The van der Waals surface area contributed by atoms with Gasteiger partial charge in [0.1, 0.15) is 0 Å². The van der Waals surface area contributed by atoms with E-state index in [1.807, 2.05) is 32.9 Å². The number of hydrogen-bond donors (Lipinski definition) is 3. The van der Waals surface area contributed by atoms with Gasteiger partial charge in [0, 0.05) is 6.04 Å². The van der Waals surface area contributed by atoms with Crippen LogP contribution in [0, 0.1) is 6.92 Å². The van der Waals surface area contributed by atoms with E-state index in [0.717, 1.165) is 5.56 Å². The first kappa shape index (κ1) is 11.4. The van der Waals surface area contributed by atoms with E-state index in [9.17, 15) is 4.79 Å². The van der Waals surface area contributed by atoms with Crippen molar-refractivity contribution in [3.05, 3.63) is 23.8 Å². The maximum Gasteiger partial charge on any atom is 0.319 e. The Bertz CT molecular complexity index is 361. The normalized spacial score (nSPS) is 10.1. The highest BCUT2D eigenvalue weighted by molar-refractivity contribution is 5.92. The molecule has 4 heteroatoms. The van der Waals surface area contributed by atoms with Crippen molar-refractivity contribution in [3.8, 4) is 0 Å². The van der Waals surface area contributed by atoms with Gasteiger partial charge in [-0.3, -0.25) is 0 Å². The molecule has 1 aromatic carbocycles. The van der Waals surface area contributed by atoms with E-state index < -0.39 is 0 Å². The summed E-state index contributed by atoms with van der Waals surface area (Å²) >= 11 is 0. The van der Waals surface area contributed by atoms with Crippen molar-refractivity contribution in [2.75, 3.05) is 11.1 Å². The number of amides is 2. The van der Waals surface area contributed by atoms with Gasteiger partial charge >= 0.3 is 6.03 Å². The molecule has 0 fully saturated rings. The summed E-state index contributed by atoms with van der Waals surface area (Å²) in [5, 5.41) is 5.42. The topological polar surface area (TPSA) is 67.2 Å². The summed E-state index contributed by atoms with van der Waals surface area (Å²) in [6, 6.07) is 5.40. The van der Waals surface area contributed by atoms with Gasteiger partial charge in [-0.05, 0) is 38.5 Å². The molecular weight excluding hydrogens is 190 g/mol. The van der Waals surface area contributed by atoms with Crippen LogP contribution in [0.4, 0.5) is 16.2 Å². The molecule has 0 aliphatic heterocycles. The number of hydrogen-bond acceptors (Lipinski definition) is 2. The zero-order chi connectivity index (χ0) is 11.4. The molecule has 2 amide bonds. The standard InChI is InChI=1S/C11H17N3O/c1-7(2)13-11(15)14-10-5-4-8(3)6-9(10)12/h4-7H,12H2,1-3H3,(H2,13,14,15). The number of nitrogens with two attached hydrogens (primary N) is 1. The first-order chi connectivity index (χ1) is 6.99. The number of nitrogens with one attached hydrogen (secondary N) is 2. The van der Waals surface area contributed by atoms with Gasteiger partial charge in [-0.15, -0.1) is 0 Å². The summed E-state index contributed by atoms with van der Waals surface area (Å²) in [5.41, 5.74) is 8.04. The lowest BCUT2D eigenvalue weighted by atomic mass is 10.2. The van der Waals surface area contributed by atoms with E-state index in [4.69, 9.17) is 5.73 Å². The summed E-state index contributed by atoms with van der Waals surface area (Å²) in [7, 11) is 0. The number of aryl methyl sites for hydroxylation is 1. The Labute approximate surface area is 89.9 Å². The maximum absolute atomic E-state index is 11.4. The molecule has 0 heterocycles. The Morgan fingerprint density at radius 3 is 2.60 bits per heavy atom. The fraction of sp³-hybridized carbons (Fsp3) is 0.364. The minimum absolute atomic E-state index is 0.108. The Morgan fingerprint density at radius 2 is 2.07 bits per heavy atom. The van der Waals surface area contributed by atoms with Crippen LogP contribution in [0.2, 0.25) is 0 Å². The van der Waals surface area contributed by atoms with Crippen molar-refractivity contribution in [3.63, 3.8) is 0 Å². The van der Waals surface area contributed by atoms with E-state index in [1.165, 1.54) is 0 Å². The lowest BCUT2D eigenvalue weighted by Crippen LogP contribution is -2.34. The van der Waals surface area contributed by atoms with Crippen LogP contribution in [-0.4, -0.2) is 12.1 Å². The predicted molar refractivity (Wildman–Crippen MR) is 62.9 cm³/mol. The minimum Gasteiger partial charge on any atom is -0.397 e. The van der Waals surface area contributed by atoms with Gasteiger partial charge in [0.15, 0.2) is 0 Å². The van der Waals surface area contributed by atoms with Crippen LogP contribution in [-0.2, 0) is 0 Å². The molecular formula is C11H17N3O. The van der Waals surface area contributed by atoms with Crippen LogP contribution >= 0.6 is 0 Å². The zero-order valence-corrected chi connectivity index (χ0v) is 9.29. The molecule has 0 aliphatic carbocycles. The second kappa shape index (κ2) is 4.68. The molecule has 82 valence electrons. The number of benzene rings is 1. The second-order valence-electron chi connectivity index (χ2n) is 3.84. The average molecular weight is 207 g/mol. The Balaban J connectivity index is 2.68. The Morgan fingerprint density at radius 1 is 1.40 bits per heavy atom. The summed E-state index contributed by atoms with van der Waals surface area (Å²) < 4.78 is 0. The van der Waals surface area contributed by atoms with Crippen molar-refractivity contribution >= 4 is 17.4 Å². The van der Waals surface area contributed by atoms with Crippen LogP contribution in [0.25, 0.3) is 0 Å². The molecule has 15 heavy (non-hydrogen) atoms. The highest BCUT2D eigenvalue weighted by Crippen LogP contribution is 2.18. The zero-order valence-electron chi connectivity index (χ0n) is 9.29. The van der Waals surface area contributed by atoms with E-state index >= 15 is 0 Å². The Hall–Kier alpha value is -1.71. The van der Waals surface area contributed by atoms with Crippen molar-refractivity contribution in [1.82, 2.24) is 5.32 Å². The molecule has 0 saturated heterocycles. The van der Waals surface area contributed by atoms with Gasteiger partial charge in [0.05, 0.1) is 11.4 Å². The molecule has 0 atom stereocenters. The highest BCUT2D eigenvalue weighted by Gasteiger charge is 2.05. The number of rotatable bonds is 2. The predicted octanol–water partition coefficient (Wildman–Crippen LogP) is 2.11. The third-order valence-electron chi connectivity index (χ3n) is 1.88. The third-order valence-corrected chi connectivity index (χ3v) is 1.88. The molecule has 0 spiro atoms. The van der Waals surface area contributed by atoms with Crippen LogP contribution in [0.1, 0.15) is 19.4 Å². The third kappa shape index (κ3) is 3.50. The summed E-state index contributed by atoms with van der Waals surface area (Å²) in [4.78, 5) is 11.4. The van der Waals surface area contributed by atoms with Crippen molar-refractivity contribution in [2.45, 2.75) is 26.8 Å². The van der Waals surface area contributed by atoms with Gasteiger partial charge in [0.2, 0.25) is 0 Å². The largest absolute Gasteiger partial charge is 0.397 e. The molecule has 1 rings (SSSR count). The lowest BCUT2D eigenvalue weighted by Gasteiger charge is -2.11. The van der Waals surface area contributed by atoms with Crippen LogP contribution in [0.5, 0.6) is 0 Å². The fourth-order valence-corrected chi connectivity index (χ4v) is 1.22. The van der Waals surface area contributed by atoms with Crippen molar-refractivity contribution < 1.29 is 4.79 Å². The number of carbonyl (C=O) groups excluding carboxylic acids is 1. The molecule has 1 aromatic rings. The van der Waals surface area contributed by atoms with E-state index in [1.54, 1.807) is 6.07 Å².